The number of thioether (sulfide) groups is 1. The van der Waals surface area contributed by atoms with Crippen molar-refractivity contribution in [2.75, 3.05) is 12.3 Å². The molecule has 4 heteroatoms. The highest BCUT2D eigenvalue weighted by molar-refractivity contribution is 7.99. The lowest BCUT2D eigenvalue weighted by molar-refractivity contribution is 0.439. The first-order valence-corrected chi connectivity index (χ1v) is 7.14. The molecule has 0 spiro atoms. The molecule has 1 N–H and O–H groups in total. The molecule has 0 radical (unpaired) electrons. The van der Waals surface area contributed by atoms with Crippen molar-refractivity contribution in [3.8, 4) is 0 Å². The van der Waals surface area contributed by atoms with Crippen LogP contribution < -0.4 is 5.32 Å². The highest BCUT2D eigenvalue weighted by Crippen LogP contribution is 2.24. The molecule has 0 aliphatic carbocycles. The van der Waals surface area contributed by atoms with Crippen molar-refractivity contribution >= 4 is 11.8 Å². The molecule has 2 atom stereocenters. The third kappa shape index (κ3) is 3.25. The van der Waals surface area contributed by atoms with Crippen molar-refractivity contribution in [2.45, 2.75) is 44.5 Å². The van der Waals surface area contributed by atoms with E-state index in [9.17, 15) is 0 Å². The largest absolute Gasteiger partial charge is 0.311 e. The van der Waals surface area contributed by atoms with Gasteiger partial charge in [-0.15, -0.1) is 0 Å². The van der Waals surface area contributed by atoms with E-state index in [-0.39, 0.29) is 0 Å². The summed E-state index contributed by atoms with van der Waals surface area (Å²) in [5, 5.41) is 8.69. The number of hydrogen-bond donors (Lipinski definition) is 1. The van der Waals surface area contributed by atoms with Gasteiger partial charge in [-0.25, -0.2) is 0 Å². The Labute approximate surface area is 102 Å². The van der Waals surface area contributed by atoms with Crippen molar-refractivity contribution < 1.29 is 0 Å². The summed E-state index contributed by atoms with van der Waals surface area (Å²) in [4.78, 5) is 0. The van der Waals surface area contributed by atoms with Crippen molar-refractivity contribution in [1.82, 2.24) is 15.1 Å². The van der Waals surface area contributed by atoms with Gasteiger partial charge in [0.05, 0.1) is 12.7 Å². The molecule has 2 rings (SSSR count). The van der Waals surface area contributed by atoms with E-state index in [1.54, 1.807) is 0 Å². The van der Waals surface area contributed by atoms with E-state index in [2.05, 4.69) is 42.2 Å². The average Bonchev–Trinajstić information content (AvgIpc) is 2.67. The molecule has 3 nitrogen and oxygen atoms in total. The maximum Gasteiger partial charge on any atom is 0.0534 e. The number of aromatic nitrogens is 2. The Kier molecular flexibility index (Phi) is 4.29. The normalized spacial score (nSPS) is 25.9. The molecule has 90 valence electrons. The molecule has 16 heavy (non-hydrogen) atoms. The Bertz CT molecular complexity index is 324. The van der Waals surface area contributed by atoms with Crippen LogP contribution in [-0.2, 0) is 6.54 Å². The summed E-state index contributed by atoms with van der Waals surface area (Å²) in [6, 6.07) is 0.690. The summed E-state index contributed by atoms with van der Waals surface area (Å²) in [6.45, 7) is 6.41. The van der Waals surface area contributed by atoms with E-state index in [4.69, 9.17) is 0 Å². The van der Waals surface area contributed by atoms with Gasteiger partial charge in [0.1, 0.15) is 0 Å². The van der Waals surface area contributed by atoms with Crippen molar-refractivity contribution in [2.24, 2.45) is 0 Å². The van der Waals surface area contributed by atoms with Crippen molar-refractivity contribution in [3.63, 3.8) is 0 Å². The van der Waals surface area contributed by atoms with Crippen LogP contribution in [0, 0.1) is 6.92 Å². The van der Waals surface area contributed by atoms with Gasteiger partial charge >= 0.3 is 0 Å². The van der Waals surface area contributed by atoms with Gasteiger partial charge in [-0.3, -0.25) is 4.68 Å². The summed E-state index contributed by atoms with van der Waals surface area (Å²) in [5.74, 6) is 1.33. The topological polar surface area (TPSA) is 29.9 Å². The van der Waals surface area contributed by atoms with Crippen LogP contribution in [0.1, 0.15) is 25.3 Å². The molecular weight excluding hydrogens is 218 g/mol. The minimum absolute atomic E-state index is 0.690. The smallest absolute Gasteiger partial charge is 0.0534 e. The Morgan fingerprint density at radius 3 is 3.19 bits per heavy atom. The quantitative estimate of drug-likeness (QED) is 0.872. The number of hydrogen-bond acceptors (Lipinski definition) is 3. The Balaban J connectivity index is 1.71. The monoisotopic (exact) mass is 239 g/mol. The molecule has 1 aromatic rings. The van der Waals surface area contributed by atoms with Gasteiger partial charge in [-0.2, -0.15) is 16.9 Å². The zero-order valence-electron chi connectivity index (χ0n) is 10.1. The SMILES string of the molecule is Cc1cnn(CCNC2CCCSC2C)c1. The second-order valence-electron chi connectivity index (χ2n) is 4.56. The molecule has 0 saturated carbocycles. The van der Waals surface area contributed by atoms with Gasteiger partial charge < -0.3 is 5.32 Å². The molecule has 1 fully saturated rings. The fourth-order valence-electron chi connectivity index (χ4n) is 2.15. The van der Waals surface area contributed by atoms with E-state index in [0.717, 1.165) is 18.3 Å². The second-order valence-corrected chi connectivity index (χ2v) is 6.04. The van der Waals surface area contributed by atoms with Gasteiger partial charge in [0, 0.05) is 24.0 Å². The first-order valence-electron chi connectivity index (χ1n) is 6.10. The zero-order chi connectivity index (χ0) is 11.4. The predicted molar refractivity (Wildman–Crippen MR) is 69.9 cm³/mol. The molecule has 2 heterocycles. The van der Waals surface area contributed by atoms with Crippen LogP contribution in [0.3, 0.4) is 0 Å². The third-order valence-electron chi connectivity index (χ3n) is 3.12. The number of rotatable bonds is 4. The summed E-state index contributed by atoms with van der Waals surface area (Å²) in [6.07, 6.45) is 6.69. The molecule has 1 aliphatic heterocycles. The number of aryl methyl sites for hydroxylation is 1. The van der Waals surface area contributed by atoms with Crippen LogP contribution in [0.15, 0.2) is 12.4 Å². The van der Waals surface area contributed by atoms with E-state index < -0.39 is 0 Å². The summed E-state index contributed by atoms with van der Waals surface area (Å²) in [5.41, 5.74) is 1.24. The van der Waals surface area contributed by atoms with Crippen LogP contribution in [0.5, 0.6) is 0 Å². The number of nitrogens with zero attached hydrogens (tertiary/aromatic N) is 2. The molecule has 0 bridgehead atoms. The van der Waals surface area contributed by atoms with Gasteiger partial charge in [0.2, 0.25) is 0 Å². The van der Waals surface area contributed by atoms with Crippen LogP contribution in [0.2, 0.25) is 0 Å². The van der Waals surface area contributed by atoms with E-state index in [1.807, 2.05) is 10.9 Å². The maximum atomic E-state index is 4.29. The van der Waals surface area contributed by atoms with Gasteiger partial charge in [-0.1, -0.05) is 6.92 Å². The first kappa shape index (κ1) is 12.0. The second kappa shape index (κ2) is 5.73. The van der Waals surface area contributed by atoms with Gasteiger partial charge in [0.25, 0.3) is 0 Å². The minimum atomic E-state index is 0.690. The maximum absolute atomic E-state index is 4.29. The van der Waals surface area contributed by atoms with Crippen molar-refractivity contribution in [1.29, 1.82) is 0 Å². The Morgan fingerprint density at radius 1 is 1.62 bits per heavy atom. The van der Waals surface area contributed by atoms with Crippen LogP contribution in [-0.4, -0.2) is 33.4 Å². The summed E-state index contributed by atoms with van der Waals surface area (Å²) in [7, 11) is 0. The molecule has 0 amide bonds. The lowest BCUT2D eigenvalue weighted by Crippen LogP contribution is -2.40. The first-order chi connectivity index (χ1) is 7.75. The third-order valence-corrected chi connectivity index (χ3v) is 4.50. The highest BCUT2D eigenvalue weighted by atomic mass is 32.2. The van der Waals surface area contributed by atoms with E-state index in [1.165, 1.54) is 24.2 Å². The van der Waals surface area contributed by atoms with Gasteiger partial charge in [0.15, 0.2) is 0 Å². The van der Waals surface area contributed by atoms with Crippen LogP contribution >= 0.6 is 11.8 Å². The minimum Gasteiger partial charge on any atom is -0.311 e. The molecule has 0 aromatic carbocycles. The van der Waals surface area contributed by atoms with Crippen LogP contribution in [0.25, 0.3) is 0 Å². The molecular formula is C12H21N3S. The van der Waals surface area contributed by atoms with Gasteiger partial charge in [-0.05, 0) is 31.1 Å². The van der Waals surface area contributed by atoms with E-state index in [0.29, 0.717) is 6.04 Å². The zero-order valence-corrected chi connectivity index (χ0v) is 11.0. The molecule has 1 aliphatic rings. The van der Waals surface area contributed by atoms with Crippen LogP contribution in [0.4, 0.5) is 0 Å². The van der Waals surface area contributed by atoms with E-state index >= 15 is 0 Å². The number of nitrogens with one attached hydrogen (secondary N) is 1. The fraction of sp³-hybridized carbons (Fsp3) is 0.750. The van der Waals surface area contributed by atoms with Crippen molar-refractivity contribution in [3.05, 3.63) is 18.0 Å². The summed E-state index contributed by atoms with van der Waals surface area (Å²) < 4.78 is 2.02. The average molecular weight is 239 g/mol. The lowest BCUT2D eigenvalue weighted by Gasteiger charge is -2.29. The highest BCUT2D eigenvalue weighted by Gasteiger charge is 2.20. The summed E-state index contributed by atoms with van der Waals surface area (Å²) >= 11 is 2.09. The molecule has 1 saturated heterocycles. The fourth-order valence-corrected chi connectivity index (χ4v) is 3.31. The standard InChI is InChI=1S/C12H21N3S/c1-10-8-14-15(9-10)6-5-13-12-4-3-7-16-11(12)2/h8-9,11-13H,3-7H2,1-2H3. The Hall–Kier alpha value is -0.480. The Morgan fingerprint density at radius 2 is 2.50 bits per heavy atom. The molecule has 2 unspecified atom stereocenters. The predicted octanol–water partition coefficient (Wildman–Crippen LogP) is 2.07. The molecule has 1 aromatic heterocycles. The lowest BCUT2D eigenvalue weighted by atomic mass is 10.1.